The fourth-order valence-electron chi connectivity index (χ4n) is 2.19. The van der Waals surface area contributed by atoms with Crippen molar-refractivity contribution in [2.45, 2.75) is 26.3 Å². The van der Waals surface area contributed by atoms with E-state index in [0.717, 1.165) is 30.5 Å². The van der Waals surface area contributed by atoms with E-state index in [-0.39, 0.29) is 0 Å². The van der Waals surface area contributed by atoms with Gasteiger partial charge in [0.25, 0.3) is 0 Å². The molecule has 1 aromatic heterocycles. The normalized spacial score (nSPS) is 10.4. The second kappa shape index (κ2) is 6.88. The number of aromatic nitrogens is 3. The van der Waals surface area contributed by atoms with Crippen LogP contribution >= 0.6 is 0 Å². The van der Waals surface area contributed by atoms with Crippen molar-refractivity contribution in [1.29, 1.82) is 0 Å². The van der Waals surface area contributed by atoms with E-state index in [0.29, 0.717) is 23.6 Å². The second-order valence-corrected chi connectivity index (χ2v) is 4.63. The van der Waals surface area contributed by atoms with E-state index in [4.69, 9.17) is 9.47 Å². The molecule has 21 heavy (non-hydrogen) atoms. The summed E-state index contributed by atoms with van der Waals surface area (Å²) in [6.07, 6.45) is 2.25. The van der Waals surface area contributed by atoms with Gasteiger partial charge in [-0.2, -0.15) is 0 Å². The Labute approximate surface area is 123 Å². The quantitative estimate of drug-likeness (QED) is 0.730. The number of carbonyl (C=O) groups excluding carboxylic acids is 1. The number of carbonyl (C=O) groups is 1. The van der Waals surface area contributed by atoms with Gasteiger partial charge in [-0.3, -0.25) is 4.79 Å². The molecule has 6 heteroatoms. The predicted octanol–water partition coefficient (Wildman–Crippen LogP) is 2.11. The molecule has 1 heterocycles. The lowest BCUT2D eigenvalue weighted by molar-refractivity contribution is 0.111. The Hall–Kier alpha value is -2.37. The van der Waals surface area contributed by atoms with Crippen LogP contribution < -0.4 is 9.47 Å². The van der Waals surface area contributed by atoms with Gasteiger partial charge in [-0.1, -0.05) is 18.2 Å². The summed E-state index contributed by atoms with van der Waals surface area (Å²) < 4.78 is 12.3. The van der Waals surface area contributed by atoms with E-state index in [2.05, 4.69) is 17.2 Å². The van der Waals surface area contributed by atoms with Crippen LogP contribution in [0.15, 0.2) is 18.2 Å². The van der Waals surface area contributed by atoms with Gasteiger partial charge in [-0.25, -0.2) is 4.68 Å². The third-order valence-electron chi connectivity index (χ3n) is 3.23. The summed E-state index contributed by atoms with van der Waals surface area (Å²) in [7, 11) is 3.20. The molecule has 0 aliphatic rings. The summed E-state index contributed by atoms with van der Waals surface area (Å²) in [4.78, 5) is 11.1. The predicted molar refractivity (Wildman–Crippen MR) is 78.1 cm³/mol. The van der Waals surface area contributed by atoms with Crippen molar-refractivity contribution in [3.05, 3.63) is 35.2 Å². The van der Waals surface area contributed by atoms with Crippen molar-refractivity contribution >= 4 is 6.29 Å². The van der Waals surface area contributed by atoms with Gasteiger partial charge in [0.05, 0.1) is 19.9 Å². The van der Waals surface area contributed by atoms with Crippen LogP contribution in [-0.2, 0) is 13.0 Å². The van der Waals surface area contributed by atoms with Crippen LogP contribution in [0.25, 0.3) is 0 Å². The number of hydrogen-bond acceptors (Lipinski definition) is 5. The minimum absolute atomic E-state index is 0.387. The van der Waals surface area contributed by atoms with E-state index in [1.807, 2.05) is 18.2 Å². The lowest BCUT2D eigenvalue weighted by Gasteiger charge is -2.10. The third-order valence-corrected chi connectivity index (χ3v) is 3.23. The number of rotatable bonds is 7. The number of aldehydes is 1. The Morgan fingerprint density at radius 3 is 2.62 bits per heavy atom. The van der Waals surface area contributed by atoms with Crippen molar-refractivity contribution in [1.82, 2.24) is 15.0 Å². The molecule has 0 atom stereocenters. The van der Waals surface area contributed by atoms with Gasteiger partial charge in [0.1, 0.15) is 5.69 Å². The highest BCUT2D eigenvalue weighted by Gasteiger charge is 2.14. The number of benzene rings is 1. The first-order valence-electron chi connectivity index (χ1n) is 6.81. The standard InChI is InChI=1S/C15H19N3O3/c1-4-7-18-13(12(10-19)16-17-18)8-11-5-6-14(20-2)15(9-11)21-3/h5-6,9-10H,4,7-8H2,1-3H3. The molecule has 0 N–H and O–H groups in total. The lowest BCUT2D eigenvalue weighted by atomic mass is 10.1. The molecular weight excluding hydrogens is 270 g/mol. The van der Waals surface area contributed by atoms with Gasteiger partial charge in [-0.15, -0.1) is 5.10 Å². The second-order valence-electron chi connectivity index (χ2n) is 4.63. The topological polar surface area (TPSA) is 66.2 Å². The van der Waals surface area contributed by atoms with Crippen molar-refractivity contribution in [2.24, 2.45) is 0 Å². The number of nitrogens with zero attached hydrogens (tertiary/aromatic N) is 3. The van der Waals surface area contributed by atoms with Crippen LogP contribution in [0.4, 0.5) is 0 Å². The molecular formula is C15H19N3O3. The first-order chi connectivity index (χ1) is 10.2. The fourth-order valence-corrected chi connectivity index (χ4v) is 2.19. The van der Waals surface area contributed by atoms with Crippen molar-refractivity contribution in [2.75, 3.05) is 14.2 Å². The maximum Gasteiger partial charge on any atom is 0.172 e. The Bertz CT molecular complexity index is 623. The molecule has 1 aromatic carbocycles. The molecule has 0 amide bonds. The molecule has 0 unspecified atom stereocenters. The van der Waals surface area contributed by atoms with Gasteiger partial charge < -0.3 is 9.47 Å². The summed E-state index contributed by atoms with van der Waals surface area (Å²) in [5, 5.41) is 7.94. The lowest BCUT2D eigenvalue weighted by Crippen LogP contribution is -2.06. The van der Waals surface area contributed by atoms with Crippen LogP contribution in [0.5, 0.6) is 11.5 Å². The number of hydrogen-bond donors (Lipinski definition) is 0. The summed E-state index contributed by atoms with van der Waals surface area (Å²) in [5.41, 5.74) is 2.22. The molecule has 0 bridgehead atoms. The molecule has 2 rings (SSSR count). The summed E-state index contributed by atoms with van der Waals surface area (Å²) in [6.45, 7) is 2.80. The highest BCUT2D eigenvalue weighted by Crippen LogP contribution is 2.28. The van der Waals surface area contributed by atoms with E-state index in [1.165, 1.54) is 0 Å². The maximum absolute atomic E-state index is 11.1. The van der Waals surface area contributed by atoms with Crippen LogP contribution in [0, 0.1) is 0 Å². The first-order valence-corrected chi connectivity index (χ1v) is 6.81. The molecule has 0 saturated carbocycles. The molecule has 112 valence electrons. The van der Waals surface area contributed by atoms with E-state index < -0.39 is 0 Å². The average molecular weight is 289 g/mol. The van der Waals surface area contributed by atoms with Gasteiger partial charge in [-0.05, 0) is 24.1 Å². The largest absolute Gasteiger partial charge is 0.493 e. The smallest absolute Gasteiger partial charge is 0.172 e. The number of aryl methyl sites for hydroxylation is 1. The van der Waals surface area contributed by atoms with E-state index in [9.17, 15) is 4.79 Å². The minimum atomic E-state index is 0.387. The summed E-state index contributed by atoms with van der Waals surface area (Å²) >= 11 is 0. The Morgan fingerprint density at radius 1 is 1.24 bits per heavy atom. The monoisotopic (exact) mass is 289 g/mol. The van der Waals surface area contributed by atoms with Crippen LogP contribution in [0.2, 0.25) is 0 Å². The molecule has 0 aliphatic carbocycles. The van der Waals surface area contributed by atoms with Gasteiger partial charge in [0, 0.05) is 13.0 Å². The van der Waals surface area contributed by atoms with E-state index in [1.54, 1.807) is 18.9 Å². The first kappa shape index (κ1) is 15.0. The zero-order chi connectivity index (χ0) is 15.2. The highest BCUT2D eigenvalue weighted by atomic mass is 16.5. The molecule has 0 aliphatic heterocycles. The Morgan fingerprint density at radius 2 is 2.00 bits per heavy atom. The van der Waals surface area contributed by atoms with Gasteiger partial charge >= 0.3 is 0 Å². The zero-order valence-electron chi connectivity index (χ0n) is 12.5. The van der Waals surface area contributed by atoms with Crippen molar-refractivity contribution in [3.63, 3.8) is 0 Å². The highest BCUT2D eigenvalue weighted by molar-refractivity contribution is 5.73. The van der Waals surface area contributed by atoms with Gasteiger partial charge in [0.15, 0.2) is 17.8 Å². The Balaban J connectivity index is 2.33. The molecule has 2 aromatic rings. The number of ether oxygens (including phenoxy) is 2. The third kappa shape index (κ3) is 3.21. The maximum atomic E-state index is 11.1. The number of methoxy groups -OCH3 is 2. The SMILES string of the molecule is CCCn1nnc(C=O)c1Cc1ccc(OC)c(OC)c1. The Kier molecular flexibility index (Phi) is 4.92. The molecule has 0 fully saturated rings. The fraction of sp³-hybridized carbons (Fsp3) is 0.400. The molecule has 0 saturated heterocycles. The van der Waals surface area contributed by atoms with Crippen LogP contribution in [0.3, 0.4) is 0 Å². The molecule has 0 spiro atoms. The summed E-state index contributed by atoms with van der Waals surface area (Å²) in [5.74, 6) is 1.34. The van der Waals surface area contributed by atoms with E-state index >= 15 is 0 Å². The van der Waals surface area contributed by atoms with Crippen molar-refractivity contribution in [3.8, 4) is 11.5 Å². The molecule has 6 nitrogen and oxygen atoms in total. The van der Waals surface area contributed by atoms with Crippen molar-refractivity contribution < 1.29 is 14.3 Å². The molecule has 0 radical (unpaired) electrons. The van der Waals surface area contributed by atoms with Crippen LogP contribution in [0.1, 0.15) is 35.1 Å². The van der Waals surface area contributed by atoms with Gasteiger partial charge in [0.2, 0.25) is 0 Å². The van der Waals surface area contributed by atoms with Crippen LogP contribution in [-0.4, -0.2) is 35.5 Å². The summed E-state index contributed by atoms with van der Waals surface area (Å²) in [6, 6.07) is 5.69. The zero-order valence-corrected chi connectivity index (χ0v) is 12.5. The average Bonchev–Trinajstić information content (AvgIpc) is 2.89. The minimum Gasteiger partial charge on any atom is -0.493 e.